The lowest BCUT2D eigenvalue weighted by Gasteiger charge is -2.19. The van der Waals surface area contributed by atoms with Gasteiger partial charge in [0.2, 0.25) is 0 Å². The van der Waals surface area contributed by atoms with Crippen molar-refractivity contribution in [3.63, 3.8) is 0 Å². The lowest BCUT2D eigenvalue weighted by Crippen LogP contribution is -2.36. The number of hydrogen-bond donors (Lipinski definition) is 0. The topological polar surface area (TPSA) is 68.7 Å². The molecule has 144 valence electrons. The van der Waals surface area contributed by atoms with Gasteiger partial charge in [0.1, 0.15) is 5.01 Å². The third kappa shape index (κ3) is 4.62. The largest absolute Gasteiger partial charge is 0.452 e. The fraction of sp³-hybridized carbons (Fsp3) is 0.190. The second kappa shape index (κ2) is 9.25. The van der Waals surface area contributed by atoms with Crippen molar-refractivity contribution in [1.82, 2.24) is 4.98 Å². The van der Waals surface area contributed by atoms with E-state index >= 15 is 0 Å². The van der Waals surface area contributed by atoms with Crippen LogP contribution in [0.2, 0.25) is 0 Å². The normalized spacial score (nSPS) is 11.1. The maximum absolute atomic E-state index is 12.5. The number of anilines is 1. The van der Waals surface area contributed by atoms with E-state index in [1.54, 1.807) is 29.5 Å². The van der Waals surface area contributed by atoms with E-state index in [-0.39, 0.29) is 6.61 Å². The summed E-state index contributed by atoms with van der Waals surface area (Å²) in [4.78, 5) is 30.1. The highest BCUT2D eigenvalue weighted by atomic mass is 32.1. The summed E-state index contributed by atoms with van der Waals surface area (Å²) >= 11 is 1.58. The average molecular weight is 396 g/mol. The van der Waals surface area contributed by atoms with Crippen molar-refractivity contribution in [3.05, 3.63) is 71.3 Å². The van der Waals surface area contributed by atoms with Crippen LogP contribution in [0.3, 0.4) is 0 Å². The molecule has 0 saturated carbocycles. The molecule has 0 aliphatic rings. The third-order valence-electron chi connectivity index (χ3n) is 3.97. The third-order valence-corrected chi connectivity index (χ3v) is 4.98. The summed E-state index contributed by atoms with van der Waals surface area (Å²) in [7, 11) is 1.24. The Bertz CT molecular complexity index is 979. The Balaban J connectivity index is 1.59. The first-order valence-electron chi connectivity index (χ1n) is 8.66. The van der Waals surface area contributed by atoms with Crippen LogP contribution in [0.1, 0.15) is 10.6 Å². The van der Waals surface area contributed by atoms with Gasteiger partial charge in [-0.2, -0.15) is 0 Å². The Morgan fingerprint density at radius 1 is 1.14 bits per heavy atom. The van der Waals surface area contributed by atoms with Crippen LogP contribution < -0.4 is 4.90 Å². The summed E-state index contributed by atoms with van der Waals surface area (Å²) in [5, 5.41) is 0.872. The van der Waals surface area contributed by atoms with Crippen LogP contribution in [-0.4, -0.2) is 30.7 Å². The highest BCUT2D eigenvalue weighted by Crippen LogP contribution is 2.22. The van der Waals surface area contributed by atoms with Crippen LogP contribution in [-0.2, 0) is 20.9 Å². The minimum Gasteiger partial charge on any atom is -0.452 e. The molecule has 0 spiro atoms. The number of carbonyl (C=O) groups is 2. The van der Waals surface area contributed by atoms with Gasteiger partial charge in [0.25, 0.3) is 5.91 Å². The van der Waals surface area contributed by atoms with Crippen LogP contribution in [0.4, 0.5) is 10.5 Å². The monoisotopic (exact) mass is 396 g/mol. The van der Waals surface area contributed by atoms with Gasteiger partial charge in [-0.1, -0.05) is 36.4 Å². The van der Waals surface area contributed by atoms with Gasteiger partial charge in [-0.3, -0.25) is 4.79 Å². The first-order chi connectivity index (χ1) is 13.6. The van der Waals surface area contributed by atoms with Crippen LogP contribution in [0, 0.1) is 6.92 Å². The zero-order valence-electron chi connectivity index (χ0n) is 15.6. The number of para-hydroxylation sites is 2. The lowest BCUT2D eigenvalue weighted by molar-refractivity contribution is -0.113. The van der Waals surface area contributed by atoms with Crippen molar-refractivity contribution in [3.8, 4) is 0 Å². The number of aromatic nitrogens is 1. The average Bonchev–Trinajstić information content (AvgIpc) is 3.12. The first-order valence-corrected chi connectivity index (χ1v) is 9.48. The van der Waals surface area contributed by atoms with Crippen molar-refractivity contribution >= 4 is 39.2 Å². The Hall–Kier alpha value is -3.03. The second-order valence-corrected chi connectivity index (χ2v) is 7.04. The molecule has 3 rings (SSSR count). The van der Waals surface area contributed by atoms with Gasteiger partial charge in [0.05, 0.1) is 36.2 Å². The number of rotatable bonds is 6. The van der Waals surface area contributed by atoms with Gasteiger partial charge in [0.15, 0.2) is 0 Å². The number of thiazole rings is 1. The summed E-state index contributed by atoms with van der Waals surface area (Å²) in [5.41, 5.74) is 2.23. The highest BCUT2D eigenvalue weighted by molar-refractivity contribution is 7.18. The number of carbonyl (C=O) groups excluding carboxylic acids is 2. The molecule has 0 unspecified atom stereocenters. The van der Waals surface area contributed by atoms with Crippen LogP contribution >= 0.6 is 11.3 Å². The molecule has 2 amide bonds. The van der Waals surface area contributed by atoms with Crippen molar-refractivity contribution in [2.24, 2.45) is 0 Å². The standard InChI is InChI=1S/C21H20N2O4S/c1-15-8-3-5-10-17(15)23(21(25)26-2)20(24)12-7-13-27-14-19-22-16-9-4-6-11-18(16)28-19/h3-12H,13-14H2,1-2H3. The molecule has 6 nitrogen and oxygen atoms in total. The number of aryl methyl sites for hydroxylation is 1. The van der Waals surface area contributed by atoms with Gasteiger partial charge in [-0.25, -0.2) is 14.7 Å². The Kier molecular flexibility index (Phi) is 6.52. The highest BCUT2D eigenvalue weighted by Gasteiger charge is 2.23. The van der Waals surface area contributed by atoms with E-state index in [4.69, 9.17) is 9.47 Å². The van der Waals surface area contributed by atoms with Gasteiger partial charge >= 0.3 is 6.09 Å². The summed E-state index contributed by atoms with van der Waals surface area (Å²) in [6.45, 7) is 2.41. The minimum atomic E-state index is -0.737. The van der Waals surface area contributed by atoms with E-state index in [9.17, 15) is 9.59 Å². The summed E-state index contributed by atoms with van der Waals surface area (Å²) in [6, 6.07) is 15.0. The number of benzene rings is 2. The Labute approximate surface area is 167 Å². The fourth-order valence-corrected chi connectivity index (χ4v) is 3.54. The molecule has 2 aromatic carbocycles. The van der Waals surface area contributed by atoms with Gasteiger partial charge in [-0.05, 0) is 30.7 Å². The number of methoxy groups -OCH3 is 1. The molecule has 0 N–H and O–H groups in total. The van der Waals surface area contributed by atoms with E-state index in [0.29, 0.717) is 12.3 Å². The predicted molar refractivity (Wildman–Crippen MR) is 109 cm³/mol. The smallest absolute Gasteiger partial charge is 0.421 e. The quantitative estimate of drug-likeness (QED) is 0.454. The number of nitrogens with zero attached hydrogens (tertiary/aromatic N) is 2. The lowest BCUT2D eigenvalue weighted by atomic mass is 10.2. The second-order valence-electron chi connectivity index (χ2n) is 5.92. The maximum Gasteiger partial charge on any atom is 0.421 e. The van der Waals surface area contributed by atoms with E-state index < -0.39 is 12.0 Å². The first kappa shape index (κ1) is 19.7. The van der Waals surface area contributed by atoms with Crippen molar-refractivity contribution in [1.29, 1.82) is 0 Å². The van der Waals surface area contributed by atoms with Gasteiger partial charge in [0, 0.05) is 6.08 Å². The van der Waals surface area contributed by atoms with E-state index in [1.165, 1.54) is 13.2 Å². The zero-order valence-corrected chi connectivity index (χ0v) is 16.4. The Morgan fingerprint density at radius 2 is 1.89 bits per heavy atom. The van der Waals surface area contributed by atoms with Gasteiger partial charge in [-0.15, -0.1) is 11.3 Å². The Morgan fingerprint density at radius 3 is 2.64 bits per heavy atom. The van der Waals surface area contributed by atoms with E-state index in [1.807, 2.05) is 43.3 Å². The molecule has 0 atom stereocenters. The number of ether oxygens (including phenoxy) is 2. The molecule has 28 heavy (non-hydrogen) atoms. The fourth-order valence-electron chi connectivity index (χ4n) is 2.63. The molecule has 3 aromatic rings. The number of fused-ring (bicyclic) bond motifs is 1. The van der Waals surface area contributed by atoms with Crippen LogP contribution in [0.5, 0.6) is 0 Å². The summed E-state index contributed by atoms with van der Waals surface area (Å²) < 4.78 is 11.4. The number of hydrogen-bond acceptors (Lipinski definition) is 6. The number of amides is 2. The zero-order chi connectivity index (χ0) is 19.9. The molecular formula is C21H20N2O4S. The molecule has 1 heterocycles. The molecular weight excluding hydrogens is 376 g/mol. The summed E-state index contributed by atoms with van der Waals surface area (Å²) in [5.74, 6) is -0.496. The van der Waals surface area contributed by atoms with Gasteiger partial charge < -0.3 is 9.47 Å². The molecule has 7 heteroatoms. The molecule has 1 aromatic heterocycles. The van der Waals surface area contributed by atoms with Crippen molar-refractivity contribution in [2.75, 3.05) is 18.6 Å². The molecule has 0 aliphatic carbocycles. The minimum absolute atomic E-state index is 0.227. The van der Waals surface area contributed by atoms with E-state index in [2.05, 4.69) is 4.98 Å². The van der Waals surface area contributed by atoms with Crippen LogP contribution in [0.25, 0.3) is 10.2 Å². The van der Waals surface area contributed by atoms with Crippen LogP contribution in [0.15, 0.2) is 60.7 Å². The molecule has 0 radical (unpaired) electrons. The van der Waals surface area contributed by atoms with E-state index in [0.717, 1.165) is 25.7 Å². The van der Waals surface area contributed by atoms with Crippen molar-refractivity contribution in [2.45, 2.75) is 13.5 Å². The predicted octanol–water partition coefficient (Wildman–Crippen LogP) is 4.48. The molecule has 0 saturated heterocycles. The molecule has 0 bridgehead atoms. The van der Waals surface area contributed by atoms with Crippen molar-refractivity contribution < 1.29 is 19.1 Å². The SMILES string of the molecule is COC(=O)N(C(=O)C=CCOCc1nc2ccccc2s1)c1ccccc1C. The maximum atomic E-state index is 12.5. The summed E-state index contributed by atoms with van der Waals surface area (Å²) in [6.07, 6.45) is 2.14. The molecule has 0 fully saturated rings. The number of imide groups is 1. The molecule has 0 aliphatic heterocycles.